The maximum Gasteiger partial charge on any atom is 0.358 e. The number of nitrogens with zero attached hydrogens (tertiary/aromatic N) is 2. The van der Waals surface area contributed by atoms with E-state index >= 15 is 0 Å². The van der Waals surface area contributed by atoms with Crippen LogP contribution in [0.4, 0.5) is 5.69 Å². The number of esters is 1. The number of nitro groups is 1. The minimum Gasteiger partial charge on any atom is -0.508 e. The maximum absolute atomic E-state index is 12.9. The Bertz CT molecular complexity index is 1210. The number of phenols is 1. The molecule has 2 aliphatic heterocycles. The highest BCUT2D eigenvalue weighted by Gasteiger charge is 2.55. The van der Waals surface area contributed by atoms with Crippen LogP contribution in [-0.2, 0) is 30.5 Å². The Kier molecular flexibility index (Phi) is 7.29. The molecule has 0 aromatic heterocycles. The van der Waals surface area contributed by atoms with Crippen molar-refractivity contribution in [1.29, 1.82) is 0 Å². The lowest BCUT2D eigenvalue weighted by Gasteiger charge is -2.49. The number of methoxy groups -OCH3 is 1. The van der Waals surface area contributed by atoms with Crippen LogP contribution < -0.4 is 10.1 Å². The van der Waals surface area contributed by atoms with Crippen LogP contribution in [-0.4, -0.2) is 63.6 Å². The molecule has 2 aliphatic rings. The highest BCUT2D eigenvalue weighted by molar-refractivity contribution is 8.00. The van der Waals surface area contributed by atoms with Gasteiger partial charge in [0, 0.05) is 12.1 Å². The lowest BCUT2D eigenvalue weighted by molar-refractivity contribution is -0.384. The van der Waals surface area contributed by atoms with Crippen LogP contribution in [0, 0.1) is 10.1 Å². The van der Waals surface area contributed by atoms with E-state index in [1.165, 1.54) is 72.3 Å². The second kappa shape index (κ2) is 10.6. The summed E-state index contributed by atoms with van der Waals surface area (Å²) in [6, 6.07) is 10.5. The van der Waals surface area contributed by atoms with Gasteiger partial charge in [-0.15, -0.1) is 11.8 Å². The molecule has 2 atom stereocenters. The average molecular weight is 516 g/mol. The maximum atomic E-state index is 12.9. The number of carbonyl (C=O) groups excluding carboxylic acids is 3. The van der Waals surface area contributed by atoms with Crippen molar-refractivity contribution in [1.82, 2.24) is 10.2 Å². The van der Waals surface area contributed by atoms with Gasteiger partial charge in [0.25, 0.3) is 17.5 Å². The van der Waals surface area contributed by atoms with E-state index in [1.807, 2.05) is 0 Å². The van der Waals surface area contributed by atoms with Crippen molar-refractivity contribution in [3.8, 4) is 11.5 Å². The Morgan fingerprint density at radius 1 is 1.19 bits per heavy atom. The van der Waals surface area contributed by atoms with Crippen molar-refractivity contribution in [2.75, 3.05) is 19.5 Å². The third kappa shape index (κ3) is 5.20. The summed E-state index contributed by atoms with van der Waals surface area (Å²) < 4.78 is 16.0. The monoisotopic (exact) mass is 515 g/mol. The van der Waals surface area contributed by atoms with E-state index in [9.17, 15) is 29.6 Å². The number of carbonyl (C=O) groups is 3. The lowest BCUT2D eigenvalue weighted by Crippen LogP contribution is -2.71. The predicted octanol–water partition coefficient (Wildman–Crippen LogP) is 1.68. The van der Waals surface area contributed by atoms with Gasteiger partial charge in [0.2, 0.25) is 0 Å². The minimum atomic E-state index is -0.859. The molecule has 1 saturated heterocycles. The van der Waals surface area contributed by atoms with Crippen LogP contribution in [0.3, 0.4) is 0 Å². The number of aromatic hydroxyl groups is 1. The number of ether oxygens (including phenoxy) is 3. The number of fused-ring (bicyclic) bond motifs is 1. The summed E-state index contributed by atoms with van der Waals surface area (Å²) in [6.45, 7) is -0.499. The molecule has 2 amide bonds. The first kappa shape index (κ1) is 24.9. The van der Waals surface area contributed by atoms with Gasteiger partial charge < -0.3 is 24.6 Å². The van der Waals surface area contributed by atoms with Crippen LogP contribution >= 0.6 is 11.8 Å². The number of β-lactam (4-membered cyclic amide) rings is 1. The van der Waals surface area contributed by atoms with Crippen molar-refractivity contribution in [2.45, 2.75) is 18.0 Å². The van der Waals surface area contributed by atoms with Gasteiger partial charge in [-0.1, -0.05) is 0 Å². The fraction of sp³-hybridized carbons (Fsp3) is 0.261. The third-order valence-electron chi connectivity index (χ3n) is 5.41. The standard InChI is InChI=1S/C23H21N3O9S/c1-33-17-12-36-22-19(24-18(28)11-34-16-8-6-15(27)7-9-16)21(29)25(22)20(17)23(30)35-10-13-2-4-14(5-3-13)26(31)32/h2-9,19,22,27H,10-12H2,1H3,(H,24,28)/t19?,22-/m1/s1. The molecule has 0 aliphatic carbocycles. The first-order valence-corrected chi connectivity index (χ1v) is 11.7. The van der Waals surface area contributed by atoms with Crippen LogP contribution in [0.5, 0.6) is 11.5 Å². The number of phenolic OH excluding ortho intramolecular Hbond substituents is 1. The number of non-ortho nitro benzene ring substituents is 1. The van der Waals surface area contributed by atoms with Gasteiger partial charge in [0.15, 0.2) is 12.3 Å². The number of benzene rings is 2. The first-order chi connectivity index (χ1) is 17.3. The van der Waals surface area contributed by atoms with Crippen LogP contribution in [0.2, 0.25) is 0 Å². The quantitative estimate of drug-likeness (QED) is 0.218. The van der Waals surface area contributed by atoms with Crippen molar-refractivity contribution < 1.29 is 38.6 Å². The Morgan fingerprint density at radius 3 is 2.53 bits per heavy atom. The van der Waals surface area contributed by atoms with E-state index in [0.717, 1.165) is 0 Å². The summed E-state index contributed by atoms with van der Waals surface area (Å²) in [5.41, 5.74) is 0.400. The number of nitrogens with one attached hydrogen (secondary N) is 1. The van der Waals surface area contributed by atoms with E-state index in [1.54, 1.807) is 0 Å². The first-order valence-electron chi connectivity index (χ1n) is 10.6. The van der Waals surface area contributed by atoms with Gasteiger partial charge in [-0.05, 0) is 42.0 Å². The second-order valence-electron chi connectivity index (χ2n) is 7.71. The van der Waals surface area contributed by atoms with Gasteiger partial charge in [0.05, 0.1) is 17.8 Å². The molecule has 0 radical (unpaired) electrons. The summed E-state index contributed by atoms with van der Waals surface area (Å²) in [4.78, 5) is 49.5. The van der Waals surface area contributed by atoms with Crippen molar-refractivity contribution in [3.05, 3.63) is 75.7 Å². The van der Waals surface area contributed by atoms with E-state index in [4.69, 9.17) is 14.2 Å². The number of nitro benzene ring substituents is 1. The predicted molar refractivity (Wildman–Crippen MR) is 126 cm³/mol. The van der Waals surface area contributed by atoms with Crippen LogP contribution in [0.15, 0.2) is 60.0 Å². The van der Waals surface area contributed by atoms with E-state index in [2.05, 4.69) is 5.32 Å². The van der Waals surface area contributed by atoms with Crippen LogP contribution in [0.1, 0.15) is 5.56 Å². The Labute approximate surface area is 209 Å². The SMILES string of the molecule is COC1=C(C(=O)OCc2ccc([N+](=O)[O-])cc2)N2C(=O)C(NC(=O)COc3ccc(O)cc3)[C@H]2SC1. The molecule has 0 bridgehead atoms. The molecule has 0 spiro atoms. The molecule has 4 rings (SSSR count). The van der Waals surface area contributed by atoms with Gasteiger partial charge in [-0.3, -0.25) is 24.6 Å². The van der Waals surface area contributed by atoms with Gasteiger partial charge in [0.1, 0.15) is 35.3 Å². The smallest absolute Gasteiger partial charge is 0.358 e. The summed E-state index contributed by atoms with van der Waals surface area (Å²) >= 11 is 1.32. The molecule has 2 aromatic carbocycles. The van der Waals surface area contributed by atoms with Crippen molar-refractivity contribution >= 4 is 35.2 Å². The molecular formula is C23H21N3O9S. The molecule has 13 heteroatoms. The number of hydrogen-bond donors (Lipinski definition) is 2. The molecule has 1 fully saturated rings. The third-order valence-corrected chi connectivity index (χ3v) is 6.67. The number of thioether (sulfide) groups is 1. The summed E-state index contributed by atoms with van der Waals surface area (Å²) in [5.74, 6) is -0.826. The van der Waals surface area contributed by atoms with Crippen LogP contribution in [0.25, 0.3) is 0 Å². The Morgan fingerprint density at radius 2 is 1.89 bits per heavy atom. The molecule has 36 heavy (non-hydrogen) atoms. The topological polar surface area (TPSA) is 158 Å². The molecule has 1 unspecified atom stereocenters. The number of hydrogen-bond acceptors (Lipinski definition) is 10. The van der Waals surface area contributed by atoms with Crippen molar-refractivity contribution in [2.24, 2.45) is 0 Å². The fourth-order valence-electron chi connectivity index (χ4n) is 3.57. The zero-order valence-electron chi connectivity index (χ0n) is 18.9. The van der Waals surface area contributed by atoms with E-state index < -0.39 is 34.1 Å². The summed E-state index contributed by atoms with van der Waals surface area (Å²) in [7, 11) is 1.38. The summed E-state index contributed by atoms with van der Waals surface area (Å²) in [6.07, 6.45) is 0. The van der Waals surface area contributed by atoms with Crippen molar-refractivity contribution in [3.63, 3.8) is 0 Å². The molecular weight excluding hydrogens is 494 g/mol. The molecule has 2 heterocycles. The average Bonchev–Trinajstić information content (AvgIpc) is 2.89. The van der Waals surface area contributed by atoms with Gasteiger partial charge in [-0.25, -0.2) is 4.79 Å². The zero-order valence-corrected chi connectivity index (χ0v) is 19.7. The zero-order chi connectivity index (χ0) is 25.8. The molecule has 2 aromatic rings. The number of amides is 2. The fourth-order valence-corrected chi connectivity index (χ4v) is 4.89. The summed E-state index contributed by atoms with van der Waals surface area (Å²) in [5, 5.41) is 22.2. The second-order valence-corrected chi connectivity index (χ2v) is 8.82. The highest BCUT2D eigenvalue weighted by atomic mass is 32.2. The highest BCUT2D eigenvalue weighted by Crippen LogP contribution is 2.40. The Hall–Kier alpha value is -4.26. The van der Waals surface area contributed by atoms with E-state index in [-0.39, 0.29) is 41.9 Å². The lowest BCUT2D eigenvalue weighted by atomic mass is 10.0. The molecule has 188 valence electrons. The van der Waals surface area contributed by atoms with E-state index in [0.29, 0.717) is 11.3 Å². The van der Waals surface area contributed by atoms with Gasteiger partial charge in [-0.2, -0.15) is 0 Å². The minimum absolute atomic E-state index is 0.0426. The largest absolute Gasteiger partial charge is 0.508 e. The molecule has 12 nitrogen and oxygen atoms in total. The molecule has 2 N–H and O–H groups in total. The van der Waals surface area contributed by atoms with Gasteiger partial charge >= 0.3 is 5.97 Å². The normalized spacial score (nSPS) is 18.6. The number of rotatable bonds is 9. The Balaban J connectivity index is 1.36. The molecule has 0 saturated carbocycles.